The average Bonchev–Trinajstić information content (AvgIpc) is 2.37. The van der Waals surface area contributed by atoms with Crippen molar-refractivity contribution in [2.45, 2.75) is 39.3 Å². The number of amides is 1. The summed E-state index contributed by atoms with van der Waals surface area (Å²) in [5, 5.41) is 0. The molecule has 106 valence electrons. The maximum atomic E-state index is 11.9. The van der Waals surface area contributed by atoms with Crippen LogP contribution in [0.3, 0.4) is 0 Å². The zero-order chi connectivity index (χ0) is 14.4. The molecule has 1 atom stereocenters. The van der Waals surface area contributed by atoms with E-state index >= 15 is 0 Å². The van der Waals surface area contributed by atoms with Gasteiger partial charge in [0.05, 0.1) is 7.11 Å². The van der Waals surface area contributed by atoms with Gasteiger partial charge >= 0.3 is 0 Å². The van der Waals surface area contributed by atoms with Crippen molar-refractivity contribution in [3.63, 3.8) is 0 Å². The van der Waals surface area contributed by atoms with Gasteiger partial charge in [0.25, 0.3) is 0 Å². The molecule has 1 aromatic carbocycles. The van der Waals surface area contributed by atoms with Crippen LogP contribution >= 0.6 is 0 Å². The monoisotopic (exact) mass is 264 g/mol. The molecule has 0 radical (unpaired) electrons. The molecule has 0 aromatic heterocycles. The smallest absolute Gasteiger partial charge is 0.224 e. The number of methoxy groups -OCH3 is 1. The first-order chi connectivity index (χ1) is 8.97. The fourth-order valence-electron chi connectivity index (χ4n) is 1.95. The van der Waals surface area contributed by atoms with Crippen molar-refractivity contribution in [3.05, 3.63) is 29.3 Å². The molecular formula is C15H24N2O2. The summed E-state index contributed by atoms with van der Waals surface area (Å²) < 4.78 is 5.34. The van der Waals surface area contributed by atoms with Crippen molar-refractivity contribution >= 4 is 5.91 Å². The van der Waals surface area contributed by atoms with Gasteiger partial charge in [-0.1, -0.05) is 19.1 Å². The van der Waals surface area contributed by atoms with Crippen LogP contribution in [0.4, 0.5) is 0 Å². The van der Waals surface area contributed by atoms with Crippen LogP contribution in [0.25, 0.3) is 0 Å². The summed E-state index contributed by atoms with van der Waals surface area (Å²) >= 11 is 0. The van der Waals surface area contributed by atoms with E-state index in [1.807, 2.05) is 19.1 Å². The molecule has 1 aromatic rings. The molecule has 1 unspecified atom stereocenters. The van der Waals surface area contributed by atoms with Crippen molar-refractivity contribution in [1.82, 2.24) is 4.90 Å². The predicted octanol–water partition coefficient (Wildman–Crippen LogP) is 1.95. The molecular weight excluding hydrogens is 240 g/mol. The molecule has 4 heteroatoms. The summed E-state index contributed by atoms with van der Waals surface area (Å²) in [6.45, 7) is 4.49. The van der Waals surface area contributed by atoms with Gasteiger partial charge in [0, 0.05) is 31.6 Å². The van der Waals surface area contributed by atoms with Crippen LogP contribution in [0, 0.1) is 0 Å². The minimum absolute atomic E-state index is 0.0546. The van der Waals surface area contributed by atoms with E-state index in [9.17, 15) is 4.79 Å². The molecule has 1 amide bonds. The fraction of sp³-hybridized carbons (Fsp3) is 0.533. The largest absolute Gasteiger partial charge is 0.496 e. The van der Waals surface area contributed by atoms with Crippen LogP contribution in [-0.2, 0) is 17.8 Å². The molecule has 1 rings (SSSR count). The lowest BCUT2D eigenvalue weighted by Gasteiger charge is -2.20. The standard InChI is InChI=1S/C15H24N2O2/c1-5-12-6-7-14(19-4)13(9-12)10-17(3)15(18)8-11(2)16/h6-7,9,11H,5,8,10,16H2,1-4H3. The minimum Gasteiger partial charge on any atom is -0.496 e. The van der Waals surface area contributed by atoms with Crippen LogP contribution < -0.4 is 10.5 Å². The van der Waals surface area contributed by atoms with E-state index in [0.717, 1.165) is 17.7 Å². The van der Waals surface area contributed by atoms with E-state index in [1.54, 1.807) is 19.1 Å². The Labute approximate surface area is 115 Å². The number of benzene rings is 1. The Morgan fingerprint density at radius 2 is 2.16 bits per heavy atom. The lowest BCUT2D eigenvalue weighted by Crippen LogP contribution is -2.31. The maximum Gasteiger partial charge on any atom is 0.224 e. The Morgan fingerprint density at radius 1 is 1.47 bits per heavy atom. The molecule has 0 heterocycles. The van der Waals surface area contributed by atoms with E-state index < -0.39 is 0 Å². The van der Waals surface area contributed by atoms with Crippen LogP contribution in [-0.4, -0.2) is 31.0 Å². The number of hydrogen-bond donors (Lipinski definition) is 1. The summed E-state index contributed by atoms with van der Waals surface area (Å²) in [4.78, 5) is 13.6. The zero-order valence-corrected chi connectivity index (χ0v) is 12.3. The summed E-state index contributed by atoms with van der Waals surface area (Å²) in [5.41, 5.74) is 7.92. The Morgan fingerprint density at radius 3 is 2.68 bits per heavy atom. The molecule has 0 aliphatic heterocycles. The van der Waals surface area contributed by atoms with E-state index in [1.165, 1.54) is 5.56 Å². The highest BCUT2D eigenvalue weighted by Gasteiger charge is 2.13. The lowest BCUT2D eigenvalue weighted by atomic mass is 10.1. The summed E-state index contributed by atoms with van der Waals surface area (Å²) in [7, 11) is 3.44. The van der Waals surface area contributed by atoms with Gasteiger partial charge in [-0.05, 0) is 25.0 Å². The molecule has 0 aliphatic carbocycles. The predicted molar refractivity (Wildman–Crippen MR) is 77.1 cm³/mol. The third-order valence-electron chi connectivity index (χ3n) is 3.08. The number of nitrogens with zero attached hydrogens (tertiary/aromatic N) is 1. The molecule has 19 heavy (non-hydrogen) atoms. The minimum atomic E-state index is -0.112. The zero-order valence-electron chi connectivity index (χ0n) is 12.3. The SMILES string of the molecule is CCc1ccc(OC)c(CN(C)C(=O)CC(C)N)c1. The molecule has 2 N–H and O–H groups in total. The van der Waals surface area contributed by atoms with Crippen LogP contribution in [0.2, 0.25) is 0 Å². The first kappa shape index (κ1) is 15.5. The molecule has 0 bridgehead atoms. The molecule has 4 nitrogen and oxygen atoms in total. The first-order valence-corrected chi connectivity index (χ1v) is 6.63. The highest BCUT2D eigenvalue weighted by molar-refractivity contribution is 5.76. The van der Waals surface area contributed by atoms with Crippen molar-refractivity contribution < 1.29 is 9.53 Å². The van der Waals surface area contributed by atoms with E-state index in [4.69, 9.17) is 10.5 Å². The summed E-state index contributed by atoms with van der Waals surface area (Å²) in [5.74, 6) is 0.872. The second-order valence-electron chi connectivity index (χ2n) is 4.93. The second-order valence-corrected chi connectivity index (χ2v) is 4.93. The topological polar surface area (TPSA) is 55.6 Å². The van der Waals surface area contributed by atoms with Crippen molar-refractivity contribution in [2.75, 3.05) is 14.2 Å². The van der Waals surface area contributed by atoms with Crippen molar-refractivity contribution in [2.24, 2.45) is 5.73 Å². The normalized spacial score (nSPS) is 12.1. The van der Waals surface area contributed by atoms with Gasteiger partial charge in [0.1, 0.15) is 5.75 Å². The van der Waals surface area contributed by atoms with Crippen molar-refractivity contribution in [1.29, 1.82) is 0 Å². The van der Waals surface area contributed by atoms with Gasteiger partial charge in [-0.3, -0.25) is 4.79 Å². The summed E-state index contributed by atoms with van der Waals surface area (Å²) in [6, 6.07) is 5.98. The van der Waals surface area contributed by atoms with Crippen LogP contribution in [0.15, 0.2) is 18.2 Å². The number of carbonyl (C=O) groups is 1. The molecule has 0 saturated heterocycles. The van der Waals surface area contributed by atoms with Gasteiger partial charge in [-0.25, -0.2) is 0 Å². The molecule has 0 spiro atoms. The number of aryl methyl sites for hydroxylation is 1. The maximum absolute atomic E-state index is 11.9. The van der Waals surface area contributed by atoms with Crippen molar-refractivity contribution in [3.8, 4) is 5.75 Å². The van der Waals surface area contributed by atoms with E-state index in [2.05, 4.69) is 13.0 Å². The van der Waals surface area contributed by atoms with Gasteiger partial charge in [0.2, 0.25) is 5.91 Å². The number of rotatable bonds is 6. The highest BCUT2D eigenvalue weighted by atomic mass is 16.5. The molecule has 0 saturated carbocycles. The Hall–Kier alpha value is -1.55. The highest BCUT2D eigenvalue weighted by Crippen LogP contribution is 2.21. The van der Waals surface area contributed by atoms with Crippen LogP contribution in [0.5, 0.6) is 5.75 Å². The lowest BCUT2D eigenvalue weighted by molar-refractivity contribution is -0.130. The molecule has 0 aliphatic rings. The quantitative estimate of drug-likeness (QED) is 0.854. The summed E-state index contributed by atoms with van der Waals surface area (Å²) in [6.07, 6.45) is 1.33. The van der Waals surface area contributed by atoms with Crippen LogP contribution in [0.1, 0.15) is 31.4 Å². The van der Waals surface area contributed by atoms with E-state index in [-0.39, 0.29) is 11.9 Å². The number of hydrogen-bond acceptors (Lipinski definition) is 3. The third-order valence-corrected chi connectivity index (χ3v) is 3.08. The molecule has 0 fully saturated rings. The van der Waals surface area contributed by atoms with E-state index in [0.29, 0.717) is 13.0 Å². The number of ether oxygens (including phenoxy) is 1. The van der Waals surface area contributed by atoms with Gasteiger partial charge in [-0.2, -0.15) is 0 Å². The Kier molecular flexibility index (Phi) is 5.83. The van der Waals surface area contributed by atoms with Gasteiger partial charge in [0.15, 0.2) is 0 Å². The van der Waals surface area contributed by atoms with Gasteiger partial charge < -0.3 is 15.4 Å². The third kappa shape index (κ3) is 4.56. The van der Waals surface area contributed by atoms with Gasteiger partial charge in [-0.15, -0.1) is 0 Å². The Bertz CT molecular complexity index is 430. The average molecular weight is 264 g/mol. The first-order valence-electron chi connectivity index (χ1n) is 6.63. The Balaban J connectivity index is 2.82. The fourth-order valence-corrected chi connectivity index (χ4v) is 1.95. The second kappa shape index (κ2) is 7.14. The number of carbonyl (C=O) groups excluding carboxylic acids is 1. The number of nitrogens with two attached hydrogens (primary N) is 1.